The minimum absolute atomic E-state index is 0.105. The van der Waals surface area contributed by atoms with Gasteiger partial charge in [0.1, 0.15) is 13.2 Å². The molecule has 0 aromatic carbocycles. The molecule has 0 spiro atoms. The van der Waals surface area contributed by atoms with Crippen molar-refractivity contribution in [3.05, 3.63) is 72.9 Å². The van der Waals surface area contributed by atoms with Crippen LogP contribution in [0, 0.1) is 0 Å². The molecule has 0 saturated heterocycles. The summed E-state index contributed by atoms with van der Waals surface area (Å²) in [4.78, 5) is 38.0. The lowest BCUT2D eigenvalue weighted by molar-refractivity contribution is -0.166. The molecule has 0 aliphatic carbocycles. The fraction of sp³-hybridized carbons (Fsp3) is 0.741. The van der Waals surface area contributed by atoms with Crippen molar-refractivity contribution in [1.82, 2.24) is 0 Å². The first kappa shape index (κ1) is 60.9. The molecule has 0 N–H and O–H groups in total. The average molecular weight is 893 g/mol. The lowest BCUT2D eigenvalue weighted by Crippen LogP contribution is -2.30. The zero-order valence-corrected chi connectivity index (χ0v) is 42.0. The predicted octanol–water partition coefficient (Wildman–Crippen LogP) is 17.8. The Morgan fingerprint density at radius 1 is 0.328 bits per heavy atom. The Kier molecular flexibility index (Phi) is 49.9. The van der Waals surface area contributed by atoms with Crippen LogP contribution in [-0.4, -0.2) is 37.2 Å². The summed E-state index contributed by atoms with van der Waals surface area (Å²) in [6.07, 6.45) is 66.1. The van der Waals surface area contributed by atoms with Crippen molar-refractivity contribution in [3.8, 4) is 0 Å². The van der Waals surface area contributed by atoms with Crippen LogP contribution in [0.25, 0.3) is 0 Å². The van der Waals surface area contributed by atoms with E-state index in [0.717, 1.165) is 77.0 Å². The van der Waals surface area contributed by atoms with Gasteiger partial charge < -0.3 is 14.2 Å². The van der Waals surface area contributed by atoms with E-state index in [1.807, 2.05) is 6.08 Å². The predicted molar refractivity (Wildman–Crippen MR) is 274 cm³/mol. The molecular formula is C58H100O6. The highest BCUT2D eigenvalue weighted by atomic mass is 16.6. The maximum Gasteiger partial charge on any atom is 0.306 e. The second-order valence-corrected chi connectivity index (χ2v) is 17.8. The van der Waals surface area contributed by atoms with Gasteiger partial charge in [-0.3, -0.25) is 14.4 Å². The van der Waals surface area contributed by atoms with Crippen molar-refractivity contribution in [2.45, 2.75) is 264 Å². The molecule has 0 rings (SSSR count). The third-order valence-corrected chi connectivity index (χ3v) is 11.5. The first-order chi connectivity index (χ1) is 31.5. The molecule has 0 radical (unpaired) electrons. The number of allylic oxidation sites excluding steroid dienone is 12. The van der Waals surface area contributed by atoms with Gasteiger partial charge in [-0.15, -0.1) is 0 Å². The smallest absolute Gasteiger partial charge is 0.306 e. The quantitative estimate of drug-likeness (QED) is 0.0199. The van der Waals surface area contributed by atoms with Gasteiger partial charge in [-0.1, -0.05) is 222 Å². The molecule has 6 heteroatoms. The Hall–Kier alpha value is -3.15. The molecule has 368 valence electrons. The molecule has 1 unspecified atom stereocenters. The van der Waals surface area contributed by atoms with E-state index in [1.54, 1.807) is 0 Å². The Morgan fingerprint density at radius 2 is 0.656 bits per heavy atom. The number of hydrogen-bond donors (Lipinski definition) is 0. The van der Waals surface area contributed by atoms with E-state index in [9.17, 15) is 14.4 Å². The van der Waals surface area contributed by atoms with E-state index in [-0.39, 0.29) is 37.5 Å². The molecule has 0 bridgehead atoms. The van der Waals surface area contributed by atoms with E-state index in [4.69, 9.17) is 14.2 Å². The Morgan fingerprint density at radius 3 is 1.11 bits per heavy atom. The molecule has 6 nitrogen and oxygen atoms in total. The van der Waals surface area contributed by atoms with Crippen LogP contribution in [0.1, 0.15) is 258 Å². The van der Waals surface area contributed by atoms with Crippen LogP contribution in [0.3, 0.4) is 0 Å². The molecule has 0 aliphatic heterocycles. The fourth-order valence-corrected chi connectivity index (χ4v) is 7.37. The number of rotatable bonds is 48. The number of unbranched alkanes of at least 4 members (excludes halogenated alkanes) is 27. The highest BCUT2D eigenvalue weighted by molar-refractivity contribution is 5.71. The van der Waals surface area contributed by atoms with Crippen molar-refractivity contribution in [2.75, 3.05) is 13.2 Å². The minimum atomic E-state index is -0.808. The molecule has 0 heterocycles. The summed E-state index contributed by atoms with van der Waals surface area (Å²) in [5.74, 6) is -0.994. The molecule has 64 heavy (non-hydrogen) atoms. The SMILES string of the molecule is CCCCCC/C=C\CCCCCCCCCC(=O)OC(COC(=O)CC/C=C\C/C=C\CCCCCCCC)COC(=O)CCCCCCC\C=C/C=C\C=C/CCCCCCC. The summed E-state index contributed by atoms with van der Waals surface area (Å²) in [5.41, 5.74) is 0. The van der Waals surface area contributed by atoms with Crippen molar-refractivity contribution in [3.63, 3.8) is 0 Å². The van der Waals surface area contributed by atoms with E-state index in [1.165, 1.54) is 135 Å². The van der Waals surface area contributed by atoms with E-state index in [0.29, 0.717) is 19.3 Å². The third-order valence-electron chi connectivity index (χ3n) is 11.5. The Balaban J connectivity index is 4.47. The number of hydrogen-bond acceptors (Lipinski definition) is 6. The molecule has 0 amide bonds. The van der Waals surface area contributed by atoms with E-state index < -0.39 is 6.10 Å². The first-order valence-corrected chi connectivity index (χ1v) is 27.0. The number of ether oxygens (including phenoxy) is 3. The zero-order valence-electron chi connectivity index (χ0n) is 42.0. The third kappa shape index (κ3) is 49.9. The van der Waals surface area contributed by atoms with Gasteiger partial charge in [0.05, 0.1) is 0 Å². The average Bonchev–Trinajstić information content (AvgIpc) is 3.29. The second-order valence-electron chi connectivity index (χ2n) is 17.8. The maximum atomic E-state index is 12.8. The van der Waals surface area contributed by atoms with Crippen LogP contribution < -0.4 is 0 Å². The molecule has 0 aromatic heterocycles. The lowest BCUT2D eigenvalue weighted by Gasteiger charge is -2.18. The van der Waals surface area contributed by atoms with Gasteiger partial charge in [0.2, 0.25) is 0 Å². The van der Waals surface area contributed by atoms with E-state index in [2.05, 4.69) is 87.6 Å². The highest BCUT2D eigenvalue weighted by Gasteiger charge is 2.19. The number of carbonyl (C=O) groups excluding carboxylic acids is 3. The summed E-state index contributed by atoms with van der Waals surface area (Å²) >= 11 is 0. The van der Waals surface area contributed by atoms with Crippen molar-refractivity contribution in [2.24, 2.45) is 0 Å². The van der Waals surface area contributed by atoms with Crippen LogP contribution in [-0.2, 0) is 28.6 Å². The first-order valence-electron chi connectivity index (χ1n) is 27.0. The Labute approximate surface area is 395 Å². The van der Waals surface area contributed by atoms with Crippen molar-refractivity contribution >= 4 is 17.9 Å². The summed E-state index contributed by atoms with van der Waals surface area (Å²) in [5, 5.41) is 0. The molecule has 0 fully saturated rings. The van der Waals surface area contributed by atoms with Crippen LogP contribution in [0.4, 0.5) is 0 Å². The normalized spacial score (nSPS) is 12.6. The fourth-order valence-electron chi connectivity index (χ4n) is 7.37. The van der Waals surface area contributed by atoms with Crippen LogP contribution in [0.2, 0.25) is 0 Å². The van der Waals surface area contributed by atoms with Gasteiger partial charge in [0.15, 0.2) is 6.10 Å². The molecule has 1 atom stereocenters. The Bertz CT molecular complexity index is 1210. The summed E-state index contributed by atoms with van der Waals surface area (Å²) in [7, 11) is 0. The molecule has 0 aromatic rings. The summed E-state index contributed by atoms with van der Waals surface area (Å²) < 4.78 is 16.7. The van der Waals surface area contributed by atoms with Gasteiger partial charge in [0.25, 0.3) is 0 Å². The standard InChI is InChI=1S/C58H100O6/c1-4-7-10-13-16-19-22-25-27-28-29-31-33-36-39-42-45-48-51-57(60)63-54-55(53-62-56(59)50-47-44-41-38-35-32-24-21-18-15-12-9-6-3)64-58(61)52-49-46-43-40-37-34-30-26-23-20-17-14-11-8-5-2/h20,22-23,25,27-29,31-32,35,41,44,55H,4-19,21,24,26,30,33-34,36-40,42-43,45-54H2,1-3H3/b23-20-,25-22-,28-27-,31-29-,35-32-,44-41-. The van der Waals surface area contributed by atoms with Crippen LogP contribution >= 0.6 is 0 Å². The zero-order chi connectivity index (χ0) is 46.5. The topological polar surface area (TPSA) is 78.9 Å². The molecule has 0 saturated carbocycles. The maximum absolute atomic E-state index is 12.8. The van der Waals surface area contributed by atoms with Gasteiger partial charge >= 0.3 is 17.9 Å². The molecule has 0 aliphatic rings. The highest BCUT2D eigenvalue weighted by Crippen LogP contribution is 2.14. The second kappa shape index (κ2) is 52.5. The summed E-state index contributed by atoms with van der Waals surface area (Å²) in [6.45, 7) is 6.53. The minimum Gasteiger partial charge on any atom is -0.462 e. The number of carbonyl (C=O) groups is 3. The van der Waals surface area contributed by atoms with Crippen molar-refractivity contribution < 1.29 is 28.6 Å². The van der Waals surface area contributed by atoms with Gasteiger partial charge in [-0.05, 0) is 89.9 Å². The largest absolute Gasteiger partial charge is 0.462 e. The van der Waals surface area contributed by atoms with Gasteiger partial charge in [-0.25, -0.2) is 0 Å². The van der Waals surface area contributed by atoms with E-state index >= 15 is 0 Å². The van der Waals surface area contributed by atoms with Crippen molar-refractivity contribution in [1.29, 1.82) is 0 Å². The number of esters is 3. The van der Waals surface area contributed by atoms with Crippen LogP contribution in [0.15, 0.2) is 72.9 Å². The lowest BCUT2D eigenvalue weighted by atomic mass is 10.1. The van der Waals surface area contributed by atoms with Gasteiger partial charge in [0, 0.05) is 19.3 Å². The van der Waals surface area contributed by atoms with Gasteiger partial charge in [-0.2, -0.15) is 0 Å². The van der Waals surface area contributed by atoms with Crippen LogP contribution in [0.5, 0.6) is 0 Å². The monoisotopic (exact) mass is 893 g/mol. The summed E-state index contributed by atoms with van der Waals surface area (Å²) in [6, 6.07) is 0. The molecular weight excluding hydrogens is 793 g/mol.